The molecule has 29 heavy (non-hydrogen) atoms. The van der Waals surface area contributed by atoms with E-state index in [0.29, 0.717) is 28.3 Å². The number of alkyl halides is 3. The summed E-state index contributed by atoms with van der Waals surface area (Å²) in [6, 6.07) is 14.0. The molecule has 3 rings (SSSR count). The van der Waals surface area contributed by atoms with Gasteiger partial charge >= 0.3 is 6.18 Å². The number of carbonyl (C=O) groups is 2. The summed E-state index contributed by atoms with van der Waals surface area (Å²) >= 11 is 0. The van der Waals surface area contributed by atoms with E-state index in [1.807, 2.05) is 0 Å². The zero-order valence-corrected chi connectivity index (χ0v) is 15.2. The number of carbonyl (C=O) groups excluding carboxylic acids is 2. The van der Waals surface area contributed by atoms with E-state index in [1.54, 1.807) is 24.3 Å². The van der Waals surface area contributed by atoms with Crippen LogP contribution in [0.2, 0.25) is 0 Å². The molecule has 0 atom stereocenters. The Morgan fingerprint density at radius 1 is 0.862 bits per heavy atom. The third-order valence-electron chi connectivity index (χ3n) is 4.06. The van der Waals surface area contributed by atoms with Crippen LogP contribution in [0.5, 0.6) is 0 Å². The van der Waals surface area contributed by atoms with Gasteiger partial charge in [0.05, 0.1) is 5.56 Å². The highest BCUT2D eigenvalue weighted by Gasteiger charge is 2.29. The van der Waals surface area contributed by atoms with E-state index in [-0.39, 0.29) is 5.78 Å². The fraction of sp³-hybridized carbons (Fsp3) is 0.0952. The van der Waals surface area contributed by atoms with Gasteiger partial charge in [0.1, 0.15) is 5.82 Å². The van der Waals surface area contributed by atoms with Crippen LogP contribution in [0, 0.1) is 0 Å². The van der Waals surface area contributed by atoms with Gasteiger partial charge in [-0.25, -0.2) is 4.98 Å². The van der Waals surface area contributed by atoms with E-state index in [2.05, 4.69) is 15.6 Å². The fourth-order valence-corrected chi connectivity index (χ4v) is 2.52. The fourth-order valence-electron chi connectivity index (χ4n) is 2.52. The number of Topliss-reactive ketones (excluding diaryl/α,β-unsaturated/α-hetero) is 1. The van der Waals surface area contributed by atoms with Crippen molar-refractivity contribution in [3.8, 4) is 0 Å². The molecule has 0 fully saturated rings. The van der Waals surface area contributed by atoms with Crippen molar-refractivity contribution in [2.75, 3.05) is 10.6 Å². The maximum absolute atomic E-state index is 12.6. The normalized spacial score (nSPS) is 11.0. The third-order valence-corrected chi connectivity index (χ3v) is 4.06. The molecule has 2 aromatic carbocycles. The van der Waals surface area contributed by atoms with Crippen LogP contribution in [0.1, 0.15) is 33.2 Å². The standard InChI is InChI=1S/C21H16F3N3O2/c1-13(28)14-2-6-18(7-3-14)27-20(29)15-10-11-25-19(12-15)26-17-8-4-16(5-9-17)21(22,23)24/h2-12H,1H3,(H,25,26)(H,27,29). The average Bonchev–Trinajstić information content (AvgIpc) is 2.68. The van der Waals surface area contributed by atoms with E-state index in [9.17, 15) is 22.8 Å². The molecule has 0 aliphatic rings. The first-order chi connectivity index (χ1) is 13.7. The highest BCUT2D eigenvalue weighted by Crippen LogP contribution is 2.30. The molecule has 5 nitrogen and oxygen atoms in total. The van der Waals surface area contributed by atoms with Crippen LogP contribution < -0.4 is 10.6 Å². The predicted molar refractivity (Wildman–Crippen MR) is 103 cm³/mol. The van der Waals surface area contributed by atoms with Crippen molar-refractivity contribution in [1.82, 2.24) is 4.98 Å². The number of hydrogen-bond acceptors (Lipinski definition) is 4. The SMILES string of the molecule is CC(=O)c1ccc(NC(=O)c2ccnc(Nc3ccc(C(F)(F)F)cc3)c2)cc1. The van der Waals surface area contributed by atoms with E-state index < -0.39 is 17.6 Å². The number of rotatable bonds is 5. The van der Waals surface area contributed by atoms with Gasteiger partial charge in [-0.3, -0.25) is 9.59 Å². The summed E-state index contributed by atoms with van der Waals surface area (Å²) in [5.41, 5.74) is 1.02. The Hall–Kier alpha value is -3.68. The van der Waals surface area contributed by atoms with E-state index in [1.165, 1.54) is 37.4 Å². The van der Waals surface area contributed by atoms with E-state index in [0.717, 1.165) is 12.1 Å². The summed E-state index contributed by atoms with van der Waals surface area (Å²) in [6.45, 7) is 1.45. The smallest absolute Gasteiger partial charge is 0.340 e. The summed E-state index contributed by atoms with van der Waals surface area (Å²) in [6.07, 6.45) is -2.99. The molecule has 0 unspecified atom stereocenters. The summed E-state index contributed by atoms with van der Waals surface area (Å²) in [5, 5.41) is 5.57. The van der Waals surface area contributed by atoms with Crippen LogP contribution in [-0.2, 0) is 6.18 Å². The Labute approximate surface area is 164 Å². The van der Waals surface area contributed by atoms with Crippen molar-refractivity contribution in [2.45, 2.75) is 13.1 Å². The van der Waals surface area contributed by atoms with Crippen LogP contribution >= 0.6 is 0 Å². The third kappa shape index (κ3) is 5.19. The Morgan fingerprint density at radius 2 is 1.48 bits per heavy atom. The molecule has 0 aliphatic carbocycles. The van der Waals surface area contributed by atoms with Gasteiger partial charge in [0.15, 0.2) is 5.78 Å². The summed E-state index contributed by atoms with van der Waals surface area (Å²) < 4.78 is 37.9. The molecule has 8 heteroatoms. The van der Waals surface area contributed by atoms with Gasteiger partial charge < -0.3 is 10.6 Å². The van der Waals surface area contributed by atoms with Crippen LogP contribution in [0.15, 0.2) is 66.9 Å². The van der Waals surface area contributed by atoms with Gasteiger partial charge in [0.25, 0.3) is 5.91 Å². The predicted octanol–water partition coefficient (Wildman–Crippen LogP) is 5.30. The number of amides is 1. The molecule has 0 bridgehead atoms. The minimum absolute atomic E-state index is 0.0732. The van der Waals surface area contributed by atoms with E-state index >= 15 is 0 Å². The molecule has 148 valence electrons. The Bertz CT molecular complexity index is 1030. The molecular formula is C21H16F3N3O2. The zero-order valence-electron chi connectivity index (χ0n) is 15.2. The second-order valence-corrected chi connectivity index (χ2v) is 6.22. The molecule has 0 radical (unpaired) electrons. The first-order valence-corrected chi connectivity index (χ1v) is 8.55. The minimum atomic E-state index is -4.41. The number of nitrogens with one attached hydrogen (secondary N) is 2. The lowest BCUT2D eigenvalue weighted by molar-refractivity contribution is -0.137. The molecule has 1 aromatic heterocycles. The van der Waals surface area contributed by atoms with Gasteiger partial charge in [-0.15, -0.1) is 0 Å². The number of anilines is 3. The molecule has 0 spiro atoms. The number of pyridine rings is 1. The highest BCUT2D eigenvalue weighted by molar-refractivity contribution is 6.05. The Kier molecular flexibility index (Phi) is 5.63. The molecule has 0 aliphatic heterocycles. The second-order valence-electron chi connectivity index (χ2n) is 6.22. The van der Waals surface area contributed by atoms with Gasteiger partial charge in [-0.2, -0.15) is 13.2 Å². The zero-order chi connectivity index (χ0) is 21.0. The highest BCUT2D eigenvalue weighted by atomic mass is 19.4. The summed E-state index contributed by atoms with van der Waals surface area (Å²) in [7, 11) is 0. The van der Waals surface area contributed by atoms with Crippen LogP contribution in [0.25, 0.3) is 0 Å². The molecule has 2 N–H and O–H groups in total. The lowest BCUT2D eigenvalue weighted by Gasteiger charge is -2.10. The summed E-state index contributed by atoms with van der Waals surface area (Å²) in [5.74, 6) is -0.154. The molecular weight excluding hydrogens is 383 g/mol. The first-order valence-electron chi connectivity index (χ1n) is 8.55. The van der Waals surface area contributed by atoms with Crippen molar-refractivity contribution >= 4 is 28.9 Å². The van der Waals surface area contributed by atoms with Crippen LogP contribution in [-0.4, -0.2) is 16.7 Å². The Morgan fingerprint density at radius 3 is 2.07 bits per heavy atom. The molecule has 0 saturated carbocycles. The van der Waals surface area contributed by atoms with Crippen LogP contribution in [0.3, 0.4) is 0 Å². The van der Waals surface area contributed by atoms with Gasteiger partial charge in [0, 0.05) is 28.7 Å². The van der Waals surface area contributed by atoms with Crippen molar-refractivity contribution in [3.05, 3.63) is 83.6 Å². The number of benzene rings is 2. The molecule has 0 saturated heterocycles. The van der Waals surface area contributed by atoms with Gasteiger partial charge in [-0.05, 0) is 67.6 Å². The maximum Gasteiger partial charge on any atom is 0.416 e. The lowest BCUT2D eigenvalue weighted by atomic mass is 10.1. The number of ketones is 1. The average molecular weight is 399 g/mol. The minimum Gasteiger partial charge on any atom is -0.340 e. The second kappa shape index (κ2) is 8.14. The molecule has 1 amide bonds. The van der Waals surface area contributed by atoms with Crippen molar-refractivity contribution in [1.29, 1.82) is 0 Å². The maximum atomic E-state index is 12.6. The Balaban J connectivity index is 1.70. The number of hydrogen-bond donors (Lipinski definition) is 2. The van der Waals surface area contributed by atoms with Crippen LogP contribution in [0.4, 0.5) is 30.4 Å². The van der Waals surface area contributed by atoms with Gasteiger partial charge in [-0.1, -0.05) is 0 Å². The van der Waals surface area contributed by atoms with Crippen molar-refractivity contribution in [2.24, 2.45) is 0 Å². The van der Waals surface area contributed by atoms with E-state index in [4.69, 9.17) is 0 Å². The number of halogens is 3. The monoisotopic (exact) mass is 399 g/mol. The number of aromatic nitrogens is 1. The van der Waals surface area contributed by atoms with Gasteiger partial charge in [0.2, 0.25) is 0 Å². The summed E-state index contributed by atoms with van der Waals surface area (Å²) in [4.78, 5) is 27.8. The largest absolute Gasteiger partial charge is 0.416 e. The number of nitrogens with zero attached hydrogens (tertiary/aromatic N) is 1. The van der Waals surface area contributed by atoms with Crippen molar-refractivity contribution < 1.29 is 22.8 Å². The topological polar surface area (TPSA) is 71.1 Å². The molecule has 3 aromatic rings. The lowest BCUT2D eigenvalue weighted by Crippen LogP contribution is -2.12. The first kappa shape index (κ1) is 20.1. The quantitative estimate of drug-likeness (QED) is 0.571. The molecule has 1 heterocycles. The van der Waals surface area contributed by atoms with Crippen molar-refractivity contribution in [3.63, 3.8) is 0 Å².